The van der Waals surface area contributed by atoms with Crippen molar-refractivity contribution in [2.75, 3.05) is 0 Å². The molecular formula is C7H7ClF3N3. The molecule has 0 bridgehead atoms. The maximum Gasteiger partial charge on any atom is 0.433 e. The Morgan fingerprint density at radius 2 is 1.93 bits per heavy atom. The highest BCUT2D eigenvalue weighted by Crippen LogP contribution is 2.27. The monoisotopic (exact) mass is 225 g/mol. The number of nitrogens with zero attached hydrogens (tertiary/aromatic N) is 1. The number of hydrogen-bond acceptors (Lipinski definition) is 2. The van der Waals surface area contributed by atoms with Gasteiger partial charge in [-0.3, -0.25) is 5.41 Å². The van der Waals surface area contributed by atoms with Gasteiger partial charge in [0.2, 0.25) is 0 Å². The Kier molecular flexibility index (Phi) is 3.88. The molecule has 0 fully saturated rings. The number of amidine groups is 1. The second-order valence-corrected chi connectivity index (χ2v) is 2.32. The number of nitrogen functional groups attached to an aromatic ring is 1. The first-order chi connectivity index (χ1) is 5.91. The minimum Gasteiger partial charge on any atom is -0.382 e. The highest BCUT2D eigenvalue weighted by molar-refractivity contribution is 5.92. The Morgan fingerprint density at radius 1 is 1.36 bits per heavy atom. The van der Waals surface area contributed by atoms with Gasteiger partial charge in [-0.05, 0) is 12.1 Å². The van der Waals surface area contributed by atoms with E-state index in [9.17, 15) is 13.2 Å². The quantitative estimate of drug-likeness (QED) is 0.566. The number of nitrogens with two attached hydrogens (primary N) is 1. The van der Waals surface area contributed by atoms with Gasteiger partial charge < -0.3 is 5.73 Å². The minimum absolute atomic E-state index is 0. The summed E-state index contributed by atoms with van der Waals surface area (Å²) in [7, 11) is 0. The molecule has 3 N–H and O–H groups in total. The highest BCUT2D eigenvalue weighted by atomic mass is 35.5. The molecule has 78 valence electrons. The van der Waals surface area contributed by atoms with Crippen LogP contribution in [0.3, 0.4) is 0 Å². The van der Waals surface area contributed by atoms with Crippen molar-refractivity contribution >= 4 is 18.2 Å². The van der Waals surface area contributed by atoms with E-state index in [1.807, 2.05) is 0 Å². The molecule has 14 heavy (non-hydrogen) atoms. The first-order valence-corrected chi connectivity index (χ1v) is 3.30. The van der Waals surface area contributed by atoms with Crippen LogP contribution in [-0.2, 0) is 6.18 Å². The molecule has 0 amide bonds. The summed E-state index contributed by atoms with van der Waals surface area (Å²) in [5, 5.41) is 6.88. The molecule has 0 atom stereocenters. The number of hydrogen-bond donors (Lipinski definition) is 2. The van der Waals surface area contributed by atoms with Crippen molar-refractivity contribution in [1.82, 2.24) is 4.98 Å². The summed E-state index contributed by atoms with van der Waals surface area (Å²) in [4.78, 5) is 3.17. The third kappa shape index (κ3) is 2.88. The van der Waals surface area contributed by atoms with Gasteiger partial charge in [0.25, 0.3) is 0 Å². The normalized spacial score (nSPS) is 10.5. The lowest BCUT2D eigenvalue weighted by Crippen LogP contribution is -2.16. The van der Waals surface area contributed by atoms with Gasteiger partial charge in [-0.2, -0.15) is 13.2 Å². The maximum atomic E-state index is 12.1. The molecule has 1 aromatic rings. The number of halogens is 4. The zero-order valence-electron chi connectivity index (χ0n) is 6.80. The lowest BCUT2D eigenvalue weighted by Gasteiger charge is -2.06. The topological polar surface area (TPSA) is 62.8 Å². The van der Waals surface area contributed by atoms with Crippen LogP contribution in [0.1, 0.15) is 11.4 Å². The van der Waals surface area contributed by atoms with E-state index < -0.39 is 17.7 Å². The van der Waals surface area contributed by atoms with Gasteiger partial charge in [-0.25, -0.2) is 4.98 Å². The number of aromatic nitrogens is 1. The van der Waals surface area contributed by atoms with Crippen LogP contribution in [0, 0.1) is 5.41 Å². The summed E-state index contributed by atoms with van der Waals surface area (Å²) in [5.74, 6) is -0.480. The van der Waals surface area contributed by atoms with Gasteiger partial charge in [-0.1, -0.05) is 6.07 Å². The molecule has 0 spiro atoms. The Balaban J connectivity index is 0.00000169. The molecule has 0 aliphatic carbocycles. The van der Waals surface area contributed by atoms with E-state index in [1.165, 1.54) is 6.07 Å². The summed E-state index contributed by atoms with van der Waals surface area (Å²) in [6.07, 6.45) is -4.49. The van der Waals surface area contributed by atoms with Crippen LogP contribution >= 0.6 is 12.4 Å². The second kappa shape index (κ2) is 4.28. The molecular weight excluding hydrogens is 219 g/mol. The predicted octanol–water partition coefficient (Wildman–Crippen LogP) is 1.81. The summed E-state index contributed by atoms with van der Waals surface area (Å²) < 4.78 is 36.2. The molecule has 7 heteroatoms. The highest BCUT2D eigenvalue weighted by Gasteiger charge is 2.32. The fourth-order valence-electron chi connectivity index (χ4n) is 0.743. The van der Waals surface area contributed by atoms with Gasteiger partial charge in [-0.15, -0.1) is 12.4 Å². The molecule has 0 unspecified atom stereocenters. The van der Waals surface area contributed by atoms with Crippen molar-refractivity contribution in [3.8, 4) is 0 Å². The van der Waals surface area contributed by atoms with E-state index in [4.69, 9.17) is 11.1 Å². The number of pyridine rings is 1. The third-order valence-electron chi connectivity index (χ3n) is 1.32. The average molecular weight is 226 g/mol. The fraction of sp³-hybridized carbons (Fsp3) is 0.143. The van der Waals surface area contributed by atoms with E-state index in [2.05, 4.69) is 4.98 Å². The Labute approximate surface area is 84.1 Å². The molecule has 0 aromatic carbocycles. The van der Waals surface area contributed by atoms with E-state index in [-0.39, 0.29) is 18.1 Å². The summed E-state index contributed by atoms with van der Waals surface area (Å²) >= 11 is 0. The SMILES string of the molecule is Cl.N=C(N)c1cccc(C(F)(F)F)n1. The Morgan fingerprint density at radius 3 is 2.36 bits per heavy atom. The Bertz CT molecular complexity index is 337. The lowest BCUT2D eigenvalue weighted by atomic mass is 10.3. The first kappa shape index (κ1) is 12.7. The zero-order chi connectivity index (χ0) is 10.1. The van der Waals surface area contributed by atoms with Crippen LogP contribution < -0.4 is 5.73 Å². The number of alkyl halides is 3. The largest absolute Gasteiger partial charge is 0.433 e. The number of rotatable bonds is 1. The smallest absolute Gasteiger partial charge is 0.382 e. The van der Waals surface area contributed by atoms with Crippen molar-refractivity contribution in [3.63, 3.8) is 0 Å². The standard InChI is InChI=1S/C7H6F3N3.ClH/c8-7(9,10)5-3-1-2-4(13-5)6(11)12;/h1-3H,(H3,11,12);1H. The second-order valence-electron chi connectivity index (χ2n) is 2.32. The van der Waals surface area contributed by atoms with Crippen LogP contribution in [0.25, 0.3) is 0 Å². The third-order valence-corrected chi connectivity index (χ3v) is 1.32. The Hall–Kier alpha value is -1.30. The van der Waals surface area contributed by atoms with Crippen LogP contribution in [0.4, 0.5) is 13.2 Å². The molecule has 3 nitrogen and oxygen atoms in total. The van der Waals surface area contributed by atoms with E-state index in [0.29, 0.717) is 0 Å². The molecule has 0 saturated heterocycles. The fourth-order valence-corrected chi connectivity index (χ4v) is 0.743. The molecule has 0 radical (unpaired) electrons. The first-order valence-electron chi connectivity index (χ1n) is 3.30. The van der Waals surface area contributed by atoms with E-state index in [0.717, 1.165) is 12.1 Å². The lowest BCUT2D eigenvalue weighted by molar-refractivity contribution is -0.141. The maximum absolute atomic E-state index is 12.1. The van der Waals surface area contributed by atoms with Crippen molar-refractivity contribution in [2.24, 2.45) is 5.73 Å². The van der Waals surface area contributed by atoms with Crippen molar-refractivity contribution in [3.05, 3.63) is 29.6 Å². The van der Waals surface area contributed by atoms with Crippen LogP contribution in [0.2, 0.25) is 0 Å². The van der Waals surface area contributed by atoms with Crippen molar-refractivity contribution in [1.29, 1.82) is 5.41 Å². The molecule has 0 saturated carbocycles. The van der Waals surface area contributed by atoms with Crippen molar-refractivity contribution in [2.45, 2.75) is 6.18 Å². The summed E-state index contributed by atoms with van der Waals surface area (Å²) in [5.41, 5.74) is 3.77. The summed E-state index contributed by atoms with van der Waals surface area (Å²) in [6.45, 7) is 0. The van der Waals surface area contributed by atoms with Crippen LogP contribution in [0.15, 0.2) is 18.2 Å². The predicted molar refractivity (Wildman–Crippen MR) is 47.5 cm³/mol. The van der Waals surface area contributed by atoms with Gasteiger partial charge in [0.1, 0.15) is 17.2 Å². The van der Waals surface area contributed by atoms with E-state index in [1.54, 1.807) is 0 Å². The van der Waals surface area contributed by atoms with Gasteiger partial charge in [0.05, 0.1) is 0 Å². The van der Waals surface area contributed by atoms with Gasteiger partial charge in [0.15, 0.2) is 0 Å². The molecule has 1 rings (SSSR count). The number of nitrogens with one attached hydrogen (secondary N) is 1. The van der Waals surface area contributed by atoms with Gasteiger partial charge in [0, 0.05) is 0 Å². The molecule has 0 aliphatic rings. The van der Waals surface area contributed by atoms with Gasteiger partial charge >= 0.3 is 6.18 Å². The molecule has 0 aliphatic heterocycles. The molecule has 1 aromatic heterocycles. The average Bonchev–Trinajstić information content (AvgIpc) is 2.03. The van der Waals surface area contributed by atoms with Crippen LogP contribution in [0.5, 0.6) is 0 Å². The minimum atomic E-state index is -4.49. The zero-order valence-corrected chi connectivity index (χ0v) is 7.62. The van der Waals surface area contributed by atoms with Crippen molar-refractivity contribution < 1.29 is 13.2 Å². The van der Waals surface area contributed by atoms with Crippen LogP contribution in [-0.4, -0.2) is 10.8 Å². The van der Waals surface area contributed by atoms with E-state index >= 15 is 0 Å². The summed E-state index contributed by atoms with van der Waals surface area (Å²) in [6, 6.07) is 3.23. The molecule has 1 heterocycles.